The van der Waals surface area contributed by atoms with Crippen LogP contribution in [0.5, 0.6) is 0 Å². The molecule has 2 atom stereocenters. The van der Waals surface area contributed by atoms with E-state index in [1.807, 2.05) is 0 Å². The van der Waals surface area contributed by atoms with Crippen molar-refractivity contribution in [1.29, 1.82) is 0 Å². The molecular weight excluding hydrogens is 237 g/mol. The topological polar surface area (TPSA) is 52.6 Å². The predicted molar refractivity (Wildman–Crippen MR) is 53.1 cm³/mol. The van der Waals surface area contributed by atoms with Crippen LogP contribution >= 0.6 is 0 Å². The first-order valence-electron chi connectivity index (χ1n) is 5.60. The molecule has 4 nitrogen and oxygen atoms in total. The van der Waals surface area contributed by atoms with Gasteiger partial charge in [-0.15, -0.1) is 0 Å². The molecule has 0 aromatic heterocycles. The summed E-state index contributed by atoms with van der Waals surface area (Å²) in [6.07, 6.45) is -4.35. The Bertz CT molecular complexity index is 304. The van der Waals surface area contributed by atoms with Crippen LogP contribution in [0.4, 0.5) is 13.2 Å². The summed E-state index contributed by atoms with van der Waals surface area (Å²) in [5.41, 5.74) is 0. The zero-order valence-electron chi connectivity index (χ0n) is 9.20. The third-order valence-corrected chi connectivity index (χ3v) is 3.54. The molecule has 0 unspecified atom stereocenters. The number of likely N-dealkylation sites (tertiary alicyclic amines) is 1. The van der Waals surface area contributed by atoms with Crippen molar-refractivity contribution in [3.8, 4) is 0 Å². The Hall–Kier alpha value is -0.820. The average Bonchev–Trinajstić information content (AvgIpc) is 2.57. The number of aliphatic hydroxyl groups is 1. The molecule has 0 radical (unpaired) electrons. The van der Waals surface area contributed by atoms with E-state index < -0.39 is 24.6 Å². The maximum absolute atomic E-state index is 12.7. The van der Waals surface area contributed by atoms with Crippen LogP contribution < -0.4 is 5.32 Å². The molecule has 0 saturated carbocycles. The standard InChI is InChI=1S/C10H15F3N2O2/c11-10(12,13)8-4-15(3-7(8)5-16)9(17)6-1-14-2-6/h6-8,14,16H,1-5H2/t7-,8-/m1/s1. The number of nitrogens with one attached hydrogen (secondary N) is 1. The quantitative estimate of drug-likeness (QED) is 0.717. The summed E-state index contributed by atoms with van der Waals surface area (Å²) in [6.45, 7) is 0.239. The Labute approximate surface area is 96.8 Å². The van der Waals surface area contributed by atoms with E-state index in [2.05, 4.69) is 5.32 Å². The van der Waals surface area contributed by atoms with Gasteiger partial charge in [0.15, 0.2) is 0 Å². The molecule has 17 heavy (non-hydrogen) atoms. The number of halogens is 3. The number of alkyl halides is 3. The number of aliphatic hydroxyl groups excluding tert-OH is 1. The molecule has 1 amide bonds. The van der Waals surface area contributed by atoms with E-state index in [-0.39, 0.29) is 24.9 Å². The van der Waals surface area contributed by atoms with Crippen LogP contribution in [-0.4, -0.2) is 54.9 Å². The minimum atomic E-state index is -4.35. The van der Waals surface area contributed by atoms with Crippen molar-refractivity contribution in [1.82, 2.24) is 10.2 Å². The fourth-order valence-electron chi connectivity index (χ4n) is 2.33. The number of rotatable bonds is 2. The fraction of sp³-hybridized carbons (Fsp3) is 0.900. The molecule has 7 heteroatoms. The second kappa shape index (κ2) is 4.45. The van der Waals surface area contributed by atoms with Crippen molar-refractivity contribution in [2.45, 2.75) is 6.18 Å². The van der Waals surface area contributed by atoms with E-state index in [9.17, 15) is 18.0 Å². The minimum Gasteiger partial charge on any atom is -0.396 e. The maximum atomic E-state index is 12.7. The monoisotopic (exact) mass is 252 g/mol. The van der Waals surface area contributed by atoms with Gasteiger partial charge in [0.1, 0.15) is 0 Å². The van der Waals surface area contributed by atoms with Crippen LogP contribution in [0.3, 0.4) is 0 Å². The molecular formula is C10H15F3N2O2. The highest BCUT2D eigenvalue weighted by Gasteiger charge is 2.51. The molecule has 2 aliphatic heterocycles. The summed E-state index contributed by atoms with van der Waals surface area (Å²) in [4.78, 5) is 13.0. The molecule has 2 N–H and O–H groups in total. The van der Waals surface area contributed by atoms with E-state index >= 15 is 0 Å². The zero-order chi connectivity index (χ0) is 12.6. The Morgan fingerprint density at radius 1 is 1.35 bits per heavy atom. The van der Waals surface area contributed by atoms with E-state index in [0.717, 1.165) is 0 Å². The van der Waals surface area contributed by atoms with Crippen LogP contribution in [0.2, 0.25) is 0 Å². The minimum absolute atomic E-state index is 0.00993. The molecule has 0 spiro atoms. The van der Waals surface area contributed by atoms with Crippen LogP contribution in [0, 0.1) is 17.8 Å². The van der Waals surface area contributed by atoms with Gasteiger partial charge in [0.2, 0.25) is 5.91 Å². The Morgan fingerprint density at radius 3 is 2.35 bits per heavy atom. The van der Waals surface area contributed by atoms with Crippen molar-refractivity contribution < 1.29 is 23.1 Å². The first kappa shape index (κ1) is 12.6. The molecule has 0 aliphatic carbocycles. The molecule has 2 aliphatic rings. The lowest BCUT2D eigenvalue weighted by molar-refractivity contribution is -0.183. The third-order valence-electron chi connectivity index (χ3n) is 3.54. The van der Waals surface area contributed by atoms with Crippen molar-refractivity contribution in [3.63, 3.8) is 0 Å². The van der Waals surface area contributed by atoms with E-state index in [1.165, 1.54) is 4.90 Å². The Kier molecular flexibility index (Phi) is 3.31. The first-order chi connectivity index (χ1) is 7.93. The van der Waals surface area contributed by atoms with E-state index in [1.54, 1.807) is 0 Å². The summed E-state index contributed by atoms with van der Waals surface area (Å²) < 4.78 is 38.0. The van der Waals surface area contributed by atoms with Crippen LogP contribution in [-0.2, 0) is 4.79 Å². The van der Waals surface area contributed by atoms with Gasteiger partial charge in [-0.1, -0.05) is 0 Å². The maximum Gasteiger partial charge on any atom is 0.393 e. The van der Waals surface area contributed by atoms with Crippen LogP contribution in [0.15, 0.2) is 0 Å². The molecule has 98 valence electrons. The SMILES string of the molecule is O=C(C1CNC1)N1C[C@H](CO)[C@H](C(F)(F)F)C1. The van der Waals surface area contributed by atoms with Crippen molar-refractivity contribution >= 4 is 5.91 Å². The number of nitrogens with zero attached hydrogens (tertiary/aromatic N) is 1. The van der Waals surface area contributed by atoms with E-state index in [4.69, 9.17) is 5.11 Å². The van der Waals surface area contributed by atoms with Gasteiger partial charge in [-0.05, 0) is 0 Å². The lowest BCUT2D eigenvalue weighted by atomic mass is 9.97. The zero-order valence-corrected chi connectivity index (χ0v) is 9.20. The van der Waals surface area contributed by atoms with Gasteiger partial charge in [0, 0.05) is 38.7 Å². The van der Waals surface area contributed by atoms with Crippen molar-refractivity contribution in [3.05, 3.63) is 0 Å². The van der Waals surface area contributed by atoms with Crippen molar-refractivity contribution in [2.75, 3.05) is 32.8 Å². The first-order valence-corrected chi connectivity index (χ1v) is 5.60. The van der Waals surface area contributed by atoms with Gasteiger partial charge in [-0.25, -0.2) is 0 Å². The molecule has 2 rings (SSSR count). The van der Waals surface area contributed by atoms with Crippen LogP contribution in [0.25, 0.3) is 0 Å². The van der Waals surface area contributed by atoms with Crippen molar-refractivity contribution in [2.24, 2.45) is 17.8 Å². The lowest BCUT2D eigenvalue weighted by Crippen LogP contribution is -2.51. The highest BCUT2D eigenvalue weighted by molar-refractivity contribution is 5.80. The molecule has 2 heterocycles. The highest BCUT2D eigenvalue weighted by Crippen LogP contribution is 2.37. The lowest BCUT2D eigenvalue weighted by Gasteiger charge is -2.30. The van der Waals surface area contributed by atoms with Gasteiger partial charge in [0.05, 0.1) is 11.8 Å². The number of carbonyl (C=O) groups excluding carboxylic acids is 1. The Balaban J connectivity index is 2.01. The number of carbonyl (C=O) groups is 1. The van der Waals surface area contributed by atoms with E-state index in [0.29, 0.717) is 13.1 Å². The highest BCUT2D eigenvalue weighted by atomic mass is 19.4. The number of hydrogen-bond donors (Lipinski definition) is 2. The number of hydrogen-bond acceptors (Lipinski definition) is 3. The van der Waals surface area contributed by atoms with Gasteiger partial charge < -0.3 is 15.3 Å². The van der Waals surface area contributed by atoms with Gasteiger partial charge >= 0.3 is 6.18 Å². The molecule has 0 aromatic rings. The summed E-state index contributed by atoms with van der Waals surface area (Å²) in [6, 6.07) is 0. The predicted octanol–water partition coefficient (Wildman–Crippen LogP) is -0.165. The third kappa shape index (κ3) is 2.40. The molecule has 2 saturated heterocycles. The fourth-order valence-corrected chi connectivity index (χ4v) is 2.33. The Morgan fingerprint density at radius 2 is 2.00 bits per heavy atom. The van der Waals surface area contributed by atoms with Gasteiger partial charge in [-0.3, -0.25) is 4.79 Å². The molecule has 2 fully saturated rings. The second-order valence-electron chi connectivity index (χ2n) is 4.69. The molecule has 0 aromatic carbocycles. The summed E-state index contributed by atoms with van der Waals surface area (Å²) in [7, 11) is 0. The summed E-state index contributed by atoms with van der Waals surface area (Å²) in [5, 5.41) is 11.9. The summed E-state index contributed by atoms with van der Waals surface area (Å²) >= 11 is 0. The van der Waals surface area contributed by atoms with Gasteiger partial charge in [-0.2, -0.15) is 13.2 Å². The second-order valence-corrected chi connectivity index (χ2v) is 4.69. The molecule has 0 bridgehead atoms. The summed E-state index contributed by atoms with van der Waals surface area (Å²) in [5.74, 6) is -2.90. The normalized spacial score (nSPS) is 30.5. The largest absolute Gasteiger partial charge is 0.396 e. The van der Waals surface area contributed by atoms with Gasteiger partial charge in [0.25, 0.3) is 0 Å². The van der Waals surface area contributed by atoms with Crippen LogP contribution in [0.1, 0.15) is 0 Å². The average molecular weight is 252 g/mol. The number of amides is 1. The smallest absolute Gasteiger partial charge is 0.393 e.